The summed E-state index contributed by atoms with van der Waals surface area (Å²) >= 11 is 0. The van der Waals surface area contributed by atoms with E-state index >= 15 is 0 Å². The monoisotopic (exact) mass is 380 g/mol. The van der Waals surface area contributed by atoms with Crippen LogP contribution in [-0.4, -0.2) is 67.1 Å². The van der Waals surface area contributed by atoms with Gasteiger partial charge in [0, 0.05) is 38.3 Å². The van der Waals surface area contributed by atoms with Crippen molar-refractivity contribution in [3.8, 4) is 5.75 Å². The van der Waals surface area contributed by atoms with Crippen molar-refractivity contribution < 1.29 is 18.7 Å². The predicted octanol–water partition coefficient (Wildman–Crippen LogP) is 1.58. The first-order valence-corrected chi connectivity index (χ1v) is 9.05. The summed E-state index contributed by atoms with van der Waals surface area (Å²) in [6, 6.07) is 4.50. The first-order chi connectivity index (χ1) is 12.7. The highest BCUT2D eigenvalue weighted by molar-refractivity contribution is 5.95. The number of hydrogen-bond acceptors (Lipinski definition) is 5. The minimum atomic E-state index is -0.479. The zero-order chi connectivity index (χ0) is 20.0. The van der Waals surface area contributed by atoms with Crippen LogP contribution in [0.15, 0.2) is 18.2 Å². The van der Waals surface area contributed by atoms with Gasteiger partial charge in [0.05, 0.1) is 13.7 Å². The van der Waals surface area contributed by atoms with Crippen molar-refractivity contribution in [3.63, 3.8) is 0 Å². The number of carbonyl (C=O) groups is 2. The lowest BCUT2D eigenvalue weighted by Crippen LogP contribution is -2.52. The summed E-state index contributed by atoms with van der Waals surface area (Å²) < 4.78 is 18.7. The molecule has 27 heavy (non-hydrogen) atoms. The fourth-order valence-electron chi connectivity index (χ4n) is 2.91. The molecule has 1 saturated heterocycles. The van der Waals surface area contributed by atoms with E-state index < -0.39 is 11.6 Å². The third-order valence-corrected chi connectivity index (χ3v) is 4.20. The van der Waals surface area contributed by atoms with E-state index in [0.29, 0.717) is 19.6 Å². The lowest BCUT2D eigenvalue weighted by Gasteiger charge is -2.34. The molecule has 0 unspecified atom stereocenters. The number of urea groups is 1. The van der Waals surface area contributed by atoms with Gasteiger partial charge in [0.15, 0.2) is 11.6 Å². The molecule has 8 heteroatoms. The van der Waals surface area contributed by atoms with Gasteiger partial charge in [-0.05, 0) is 38.5 Å². The molecule has 1 aromatic rings. The van der Waals surface area contributed by atoms with Gasteiger partial charge in [-0.2, -0.15) is 0 Å². The third-order valence-electron chi connectivity index (χ3n) is 4.20. The molecule has 0 radical (unpaired) electrons. The van der Waals surface area contributed by atoms with Crippen LogP contribution in [-0.2, 0) is 11.3 Å². The van der Waals surface area contributed by atoms with Crippen LogP contribution in [0.25, 0.3) is 0 Å². The second kappa shape index (κ2) is 9.14. The van der Waals surface area contributed by atoms with Gasteiger partial charge in [-0.1, -0.05) is 6.07 Å². The lowest BCUT2D eigenvalue weighted by atomic mass is 10.1. The molecule has 1 heterocycles. The Morgan fingerprint density at radius 3 is 2.33 bits per heavy atom. The molecule has 0 bridgehead atoms. The largest absolute Gasteiger partial charge is 0.494 e. The van der Waals surface area contributed by atoms with Crippen LogP contribution in [0.1, 0.15) is 26.3 Å². The first-order valence-electron chi connectivity index (χ1n) is 9.05. The van der Waals surface area contributed by atoms with Gasteiger partial charge in [-0.3, -0.25) is 19.9 Å². The van der Waals surface area contributed by atoms with E-state index in [9.17, 15) is 14.0 Å². The summed E-state index contributed by atoms with van der Waals surface area (Å²) in [7, 11) is 1.44. The van der Waals surface area contributed by atoms with Gasteiger partial charge in [-0.25, -0.2) is 9.18 Å². The number of halogens is 1. The van der Waals surface area contributed by atoms with Crippen LogP contribution in [0.5, 0.6) is 5.75 Å². The Balaban J connectivity index is 1.74. The van der Waals surface area contributed by atoms with Crippen molar-refractivity contribution in [1.29, 1.82) is 0 Å². The smallest absolute Gasteiger partial charge is 0.321 e. The Hall–Kier alpha value is -2.19. The third kappa shape index (κ3) is 7.15. The second-order valence-electron chi connectivity index (χ2n) is 7.77. The Morgan fingerprint density at radius 1 is 1.15 bits per heavy atom. The average molecular weight is 380 g/mol. The summed E-state index contributed by atoms with van der Waals surface area (Å²) in [6.45, 7) is 9.36. The number of amides is 3. The molecule has 0 atom stereocenters. The Kier molecular flexibility index (Phi) is 7.15. The van der Waals surface area contributed by atoms with Crippen LogP contribution in [0.3, 0.4) is 0 Å². The zero-order valence-corrected chi connectivity index (χ0v) is 16.5. The number of nitrogens with one attached hydrogen (secondary N) is 2. The standard InChI is InChI=1S/C19H29FN4O3/c1-19(2,3)22-18(26)21-17(25)13-24-9-7-23(8-10-24)12-14-5-6-16(27-4)15(20)11-14/h5-6,11H,7-10,12-13H2,1-4H3,(H2,21,22,25,26). The van der Waals surface area contributed by atoms with Crippen molar-refractivity contribution >= 4 is 11.9 Å². The molecule has 0 aromatic heterocycles. The van der Waals surface area contributed by atoms with Crippen LogP contribution in [0.4, 0.5) is 9.18 Å². The molecule has 2 rings (SSSR count). The Labute approximate surface area is 159 Å². The van der Waals surface area contributed by atoms with Gasteiger partial charge in [0.1, 0.15) is 0 Å². The molecule has 0 aliphatic carbocycles. The highest BCUT2D eigenvalue weighted by Gasteiger charge is 2.21. The van der Waals surface area contributed by atoms with Crippen LogP contribution in [0.2, 0.25) is 0 Å². The fourth-order valence-corrected chi connectivity index (χ4v) is 2.91. The number of nitrogens with zero attached hydrogens (tertiary/aromatic N) is 2. The molecule has 0 saturated carbocycles. The van der Waals surface area contributed by atoms with Crippen molar-refractivity contribution in [1.82, 2.24) is 20.4 Å². The number of methoxy groups -OCH3 is 1. The van der Waals surface area contributed by atoms with E-state index in [1.807, 2.05) is 31.7 Å². The van der Waals surface area contributed by atoms with Gasteiger partial charge < -0.3 is 10.1 Å². The molecular formula is C19H29FN4O3. The second-order valence-corrected chi connectivity index (χ2v) is 7.77. The van der Waals surface area contributed by atoms with Crippen LogP contribution >= 0.6 is 0 Å². The topological polar surface area (TPSA) is 73.9 Å². The number of rotatable bonds is 5. The van der Waals surface area contributed by atoms with Crippen LogP contribution < -0.4 is 15.4 Å². The molecule has 1 aliphatic rings. The van der Waals surface area contributed by atoms with Crippen molar-refractivity contribution in [2.24, 2.45) is 0 Å². The summed E-state index contributed by atoms with van der Waals surface area (Å²) in [5.74, 6) is -0.439. The minimum Gasteiger partial charge on any atom is -0.494 e. The van der Waals surface area contributed by atoms with Gasteiger partial charge in [0.2, 0.25) is 5.91 Å². The quantitative estimate of drug-likeness (QED) is 0.811. The van der Waals surface area contributed by atoms with E-state index in [0.717, 1.165) is 18.7 Å². The van der Waals surface area contributed by atoms with Crippen molar-refractivity contribution in [2.45, 2.75) is 32.9 Å². The number of carbonyl (C=O) groups excluding carboxylic acids is 2. The maximum atomic E-state index is 13.8. The highest BCUT2D eigenvalue weighted by atomic mass is 19.1. The molecule has 1 aliphatic heterocycles. The average Bonchev–Trinajstić information content (AvgIpc) is 2.55. The SMILES string of the molecule is COc1ccc(CN2CCN(CC(=O)NC(=O)NC(C)(C)C)CC2)cc1F. The fraction of sp³-hybridized carbons (Fsp3) is 0.579. The van der Waals surface area contributed by atoms with E-state index in [1.165, 1.54) is 13.2 Å². The highest BCUT2D eigenvalue weighted by Crippen LogP contribution is 2.19. The number of imide groups is 1. The predicted molar refractivity (Wildman–Crippen MR) is 101 cm³/mol. The summed E-state index contributed by atoms with van der Waals surface area (Å²) in [5.41, 5.74) is 0.495. The van der Waals surface area contributed by atoms with E-state index in [2.05, 4.69) is 15.5 Å². The number of ether oxygens (including phenoxy) is 1. The van der Waals surface area contributed by atoms with Gasteiger partial charge >= 0.3 is 6.03 Å². The van der Waals surface area contributed by atoms with Gasteiger partial charge in [0.25, 0.3) is 0 Å². The normalized spacial score (nSPS) is 16.0. The number of benzene rings is 1. The molecule has 1 fully saturated rings. The minimum absolute atomic E-state index is 0.183. The molecule has 7 nitrogen and oxygen atoms in total. The maximum absolute atomic E-state index is 13.8. The Morgan fingerprint density at radius 2 is 1.78 bits per heavy atom. The molecular weight excluding hydrogens is 351 g/mol. The molecule has 3 amide bonds. The summed E-state index contributed by atoms with van der Waals surface area (Å²) in [5, 5.41) is 5.05. The van der Waals surface area contributed by atoms with Crippen molar-refractivity contribution in [2.75, 3.05) is 39.8 Å². The molecule has 0 spiro atoms. The summed E-state index contributed by atoms with van der Waals surface area (Å²) in [4.78, 5) is 27.9. The summed E-state index contributed by atoms with van der Waals surface area (Å²) in [6.07, 6.45) is 0. The zero-order valence-electron chi connectivity index (χ0n) is 16.5. The van der Waals surface area contributed by atoms with Crippen LogP contribution in [0, 0.1) is 5.82 Å². The maximum Gasteiger partial charge on any atom is 0.321 e. The van der Waals surface area contributed by atoms with Crippen molar-refractivity contribution in [3.05, 3.63) is 29.6 Å². The Bertz CT molecular complexity index is 667. The van der Waals surface area contributed by atoms with E-state index in [-0.39, 0.29) is 24.0 Å². The van der Waals surface area contributed by atoms with E-state index in [1.54, 1.807) is 6.07 Å². The van der Waals surface area contributed by atoms with E-state index in [4.69, 9.17) is 4.74 Å². The first kappa shape index (κ1) is 21.1. The molecule has 2 N–H and O–H groups in total. The number of hydrogen-bond donors (Lipinski definition) is 2. The number of piperazine rings is 1. The lowest BCUT2D eigenvalue weighted by molar-refractivity contribution is -0.121. The molecule has 150 valence electrons. The molecule has 1 aromatic carbocycles. The van der Waals surface area contributed by atoms with Gasteiger partial charge in [-0.15, -0.1) is 0 Å².